The van der Waals surface area contributed by atoms with Crippen molar-refractivity contribution in [3.8, 4) is 12.3 Å². The smallest absolute Gasteiger partial charge is 0.114 e. The summed E-state index contributed by atoms with van der Waals surface area (Å²) < 4.78 is 0. The third-order valence-corrected chi connectivity index (χ3v) is 2.77. The Kier molecular flexibility index (Phi) is 11.2. The quantitative estimate of drug-likeness (QED) is 0.428. The topological polar surface area (TPSA) is 20.2 Å². The number of terminal acetylenes is 1. The summed E-state index contributed by atoms with van der Waals surface area (Å²) in [6, 6.07) is 0. The van der Waals surface area contributed by atoms with Crippen molar-refractivity contribution in [3.05, 3.63) is 0 Å². The highest BCUT2D eigenvalue weighted by atomic mass is 16.3. The van der Waals surface area contributed by atoms with Crippen molar-refractivity contribution in [1.82, 2.24) is 0 Å². The van der Waals surface area contributed by atoms with Crippen LogP contribution in [0, 0.1) is 12.3 Å². The fourth-order valence-electron chi connectivity index (χ4n) is 1.73. The van der Waals surface area contributed by atoms with Gasteiger partial charge in [-0.2, -0.15) is 0 Å². The Morgan fingerprint density at radius 2 is 1.40 bits per heavy atom. The molecular formula is C14H26O. The first-order chi connectivity index (χ1) is 7.31. The lowest BCUT2D eigenvalue weighted by Gasteiger charge is -2.03. The van der Waals surface area contributed by atoms with Crippen LogP contribution in [0.3, 0.4) is 0 Å². The average molecular weight is 210 g/mol. The fraction of sp³-hybridized carbons (Fsp3) is 0.857. The number of aliphatic hydroxyl groups is 1. The lowest BCUT2D eigenvalue weighted by atomic mass is 10.1. The zero-order chi connectivity index (χ0) is 11.4. The van der Waals surface area contributed by atoms with Crippen molar-refractivity contribution in [3.63, 3.8) is 0 Å². The van der Waals surface area contributed by atoms with Crippen LogP contribution in [0.4, 0.5) is 0 Å². The molecule has 0 aromatic heterocycles. The van der Waals surface area contributed by atoms with Crippen molar-refractivity contribution in [2.24, 2.45) is 0 Å². The molecule has 0 aromatic rings. The van der Waals surface area contributed by atoms with Crippen LogP contribution in [0.15, 0.2) is 0 Å². The number of unbranched alkanes of at least 4 members (excludes halogenated alkanes) is 8. The summed E-state index contributed by atoms with van der Waals surface area (Å²) in [5, 5.41) is 9.12. The predicted molar refractivity (Wildman–Crippen MR) is 66.7 cm³/mol. The molecule has 0 aliphatic rings. The second kappa shape index (κ2) is 11.6. The van der Waals surface area contributed by atoms with Gasteiger partial charge >= 0.3 is 0 Å². The summed E-state index contributed by atoms with van der Waals surface area (Å²) in [5.74, 6) is 2.35. The molecule has 88 valence electrons. The molecule has 1 nitrogen and oxygen atoms in total. The van der Waals surface area contributed by atoms with Gasteiger partial charge in [0.05, 0.1) is 0 Å². The van der Waals surface area contributed by atoms with Gasteiger partial charge in [0, 0.05) is 0 Å². The Bertz CT molecular complexity index is 157. The van der Waals surface area contributed by atoms with Gasteiger partial charge in [0.1, 0.15) is 6.10 Å². The van der Waals surface area contributed by atoms with E-state index in [2.05, 4.69) is 12.8 Å². The van der Waals surface area contributed by atoms with Crippen molar-refractivity contribution in [2.75, 3.05) is 0 Å². The molecule has 15 heavy (non-hydrogen) atoms. The van der Waals surface area contributed by atoms with E-state index < -0.39 is 6.10 Å². The predicted octanol–water partition coefficient (Wildman–Crippen LogP) is 3.90. The first-order valence-electron chi connectivity index (χ1n) is 6.45. The van der Waals surface area contributed by atoms with Gasteiger partial charge < -0.3 is 5.11 Å². The standard InChI is InChI=1S/C14H26O/c1-3-5-6-7-8-9-10-11-12-13-14(15)4-2/h2,14-15H,3,5-13H2,1H3. The molecule has 1 N–H and O–H groups in total. The molecule has 1 atom stereocenters. The van der Waals surface area contributed by atoms with Crippen molar-refractivity contribution in [1.29, 1.82) is 0 Å². The molecule has 0 saturated carbocycles. The summed E-state index contributed by atoms with van der Waals surface area (Å²) in [5.41, 5.74) is 0. The second-order valence-corrected chi connectivity index (χ2v) is 4.30. The summed E-state index contributed by atoms with van der Waals surface area (Å²) in [6.45, 7) is 2.25. The highest BCUT2D eigenvalue weighted by molar-refractivity contribution is 4.92. The molecule has 1 heteroatoms. The molecule has 0 fully saturated rings. The van der Waals surface area contributed by atoms with Crippen molar-refractivity contribution < 1.29 is 5.11 Å². The highest BCUT2D eigenvalue weighted by Crippen LogP contribution is 2.11. The number of rotatable bonds is 10. The van der Waals surface area contributed by atoms with E-state index in [9.17, 15) is 0 Å². The zero-order valence-corrected chi connectivity index (χ0v) is 10.2. The Morgan fingerprint density at radius 3 is 1.87 bits per heavy atom. The maximum absolute atomic E-state index is 9.12. The van der Waals surface area contributed by atoms with Crippen LogP contribution in [-0.4, -0.2) is 11.2 Å². The Labute approximate surface area is 95.3 Å². The molecule has 0 spiro atoms. The lowest BCUT2D eigenvalue weighted by molar-refractivity contribution is 0.217. The lowest BCUT2D eigenvalue weighted by Crippen LogP contribution is -2.01. The molecule has 0 rings (SSSR count). The van der Waals surface area contributed by atoms with Crippen LogP contribution in [0.5, 0.6) is 0 Å². The summed E-state index contributed by atoms with van der Waals surface area (Å²) in [4.78, 5) is 0. The van der Waals surface area contributed by atoms with E-state index in [1.54, 1.807) is 0 Å². The van der Waals surface area contributed by atoms with Crippen LogP contribution in [0.25, 0.3) is 0 Å². The number of hydrogen-bond donors (Lipinski definition) is 1. The molecule has 0 bridgehead atoms. The van der Waals surface area contributed by atoms with Gasteiger partial charge in [0.25, 0.3) is 0 Å². The van der Waals surface area contributed by atoms with Gasteiger partial charge in [-0.15, -0.1) is 6.42 Å². The average Bonchev–Trinajstić information content (AvgIpc) is 2.26. The maximum Gasteiger partial charge on any atom is 0.114 e. The molecular weight excluding hydrogens is 184 g/mol. The van der Waals surface area contributed by atoms with Gasteiger partial charge in [-0.1, -0.05) is 64.2 Å². The summed E-state index contributed by atoms with van der Waals surface area (Å²) >= 11 is 0. The molecule has 0 aromatic carbocycles. The van der Waals surface area contributed by atoms with Gasteiger partial charge in [-0.3, -0.25) is 0 Å². The van der Waals surface area contributed by atoms with Crippen molar-refractivity contribution >= 4 is 0 Å². The number of aliphatic hydroxyl groups excluding tert-OH is 1. The van der Waals surface area contributed by atoms with Crippen LogP contribution in [0.2, 0.25) is 0 Å². The summed E-state index contributed by atoms with van der Waals surface area (Å²) in [7, 11) is 0. The van der Waals surface area contributed by atoms with Crippen LogP contribution >= 0.6 is 0 Å². The fourth-order valence-corrected chi connectivity index (χ4v) is 1.73. The van der Waals surface area contributed by atoms with Crippen LogP contribution in [0.1, 0.15) is 71.1 Å². The molecule has 1 unspecified atom stereocenters. The van der Waals surface area contributed by atoms with Crippen LogP contribution < -0.4 is 0 Å². The zero-order valence-electron chi connectivity index (χ0n) is 10.2. The van der Waals surface area contributed by atoms with Crippen LogP contribution in [-0.2, 0) is 0 Å². The van der Waals surface area contributed by atoms with Crippen molar-refractivity contribution in [2.45, 2.75) is 77.2 Å². The van der Waals surface area contributed by atoms with Gasteiger partial charge in [0.15, 0.2) is 0 Å². The second-order valence-electron chi connectivity index (χ2n) is 4.30. The Balaban J connectivity index is 2.96. The maximum atomic E-state index is 9.12. The normalized spacial score (nSPS) is 12.3. The minimum Gasteiger partial charge on any atom is -0.380 e. The molecule has 0 radical (unpaired) electrons. The van der Waals surface area contributed by atoms with E-state index in [1.807, 2.05) is 0 Å². The largest absolute Gasteiger partial charge is 0.380 e. The first kappa shape index (κ1) is 14.5. The van der Waals surface area contributed by atoms with E-state index in [-0.39, 0.29) is 0 Å². The van der Waals surface area contributed by atoms with E-state index >= 15 is 0 Å². The van der Waals surface area contributed by atoms with Gasteiger partial charge in [-0.05, 0) is 12.8 Å². The van der Waals surface area contributed by atoms with E-state index in [4.69, 9.17) is 11.5 Å². The van der Waals surface area contributed by atoms with Gasteiger partial charge in [0.2, 0.25) is 0 Å². The molecule has 0 heterocycles. The minimum atomic E-state index is -0.519. The molecule has 0 amide bonds. The molecule has 0 aliphatic heterocycles. The minimum absolute atomic E-state index is 0.519. The van der Waals surface area contributed by atoms with E-state index in [0.717, 1.165) is 12.8 Å². The monoisotopic (exact) mass is 210 g/mol. The van der Waals surface area contributed by atoms with E-state index in [0.29, 0.717) is 0 Å². The third kappa shape index (κ3) is 11.4. The summed E-state index contributed by atoms with van der Waals surface area (Å²) in [6.07, 6.45) is 17.1. The molecule has 0 saturated heterocycles. The Morgan fingerprint density at radius 1 is 0.933 bits per heavy atom. The SMILES string of the molecule is C#CC(O)CCCCCCCCCCC. The molecule has 0 aliphatic carbocycles. The third-order valence-electron chi connectivity index (χ3n) is 2.77. The number of hydrogen-bond acceptors (Lipinski definition) is 1. The van der Waals surface area contributed by atoms with Gasteiger partial charge in [-0.25, -0.2) is 0 Å². The highest BCUT2D eigenvalue weighted by Gasteiger charge is 1.97. The first-order valence-corrected chi connectivity index (χ1v) is 6.45. The Hall–Kier alpha value is -0.480. The van der Waals surface area contributed by atoms with E-state index in [1.165, 1.54) is 51.4 Å².